The normalized spacial score (nSPS) is 10.3. The van der Waals surface area contributed by atoms with Gasteiger partial charge in [-0.15, -0.1) is 0 Å². The number of aryl methyl sites for hydroxylation is 1. The van der Waals surface area contributed by atoms with Crippen molar-refractivity contribution in [1.29, 1.82) is 0 Å². The minimum atomic E-state index is 0.695. The van der Waals surface area contributed by atoms with Crippen molar-refractivity contribution in [3.63, 3.8) is 0 Å². The molecule has 0 fully saturated rings. The van der Waals surface area contributed by atoms with Gasteiger partial charge < -0.3 is 10.1 Å². The van der Waals surface area contributed by atoms with Crippen molar-refractivity contribution in [2.24, 2.45) is 0 Å². The average molecular weight is 255 g/mol. The van der Waals surface area contributed by atoms with Crippen LogP contribution in [0.25, 0.3) is 0 Å². The SMILES string of the molecule is CCOc1cccc(NCc2cccc(C)c2C)c1. The van der Waals surface area contributed by atoms with Gasteiger partial charge in [0.15, 0.2) is 0 Å². The van der Waals surface area contributed by atoms with Gasteiger partial charge in [-0.05, 0) is 49.6 Å². The molecule has 0 spiro atoms. The van der Waals surface area contributed by atoms with Crippen LogP contribution in [-0.4, -0.2) is 6.61 Å². The Balaban J connectivity index is 2.06. The highest BCUT2D eigenvalue weighted by Gasteiger charge is 2.01. The molecule has 2 heteroatoms. The van der Waals surface area contributed by atoms with Gasteiger partial charge in [0.25, 0.3) is 0 Å². The molecule has 0 radical (unpaired) electrons. The molecular weight excluding hydrogens is 234 g/mol. The highest BCUT2D eigenvalue weighted by molar-refractivity contribution is 5.49. The fraction of sp³-hybridized carbons (Fsp3) is 0.294. The van der Waals surface area contributed by atoms with Gasteiger partial charge in [-0.3, -0.25) is 0 Å². The number of nitrogens with one attached hydrogen (secondary N) is 1. The quantitative estimate of drug-likeness (QED) is 0.859. The topological polar surface area (TPSA) is 21.3 Å². The summed E-state index contributed by atoms with van der Waals surface area (Å²) < 4.78 is 5.50. The maximum Gasteiger partial charge on any atom is 0.121 e. The number of benzene rings is 2. The molecule has 0 heterocycles. The van der Waals surface area contributed by atoms with E-state index in [2.05, 4.69) is 43.4 Å². The molecule has 0 atom stereocenters. The monoisotopic (exact) mass is 255 g/mol. The van der Waals surface area contributed by atoms with Crippen LogP contribution >= 0.6 is 0 Å². The lowest BCUT2D eigenvalue weighted by Gasteiger charge is -2.12. The van der Waals surface area contributed by atoms with Crippen LogP contribution in [0.5, 0.6) is 5.75 Å². The fourth-order valence-corrected chi connectivity index (χ4v) is 2.06. The van der Waals surface area contributed by atoms with Crippen molar-refractivity contribution < 1.29 is 4.74 Å². The van der Waals surface area contributed by atoms with E-state index in [-0.39, 0.29) is 0 Å². The standard InChI is InChI=1S/C17H21NO/c1-4-19-17-10-6-9-16(11-17)18-12-15-8-5-7-13(2)14(15)3/h5-11,18H,4,12H2,1-3H3. The van der Waals surface area contributed by atoms with Gasteiger partial charge in [-0.2, -0.15) is 0 Å². The molecule has 19 heavy (non-hydrogen) atoms. The molecule has 2 rings (SSSR count). The molecule has 100 valence electrons. The Morgan fingerprint density at radius 3 is 2.63 bits per heavy atom. The summed E-state index contributed by atoms with van der Waals surface area (Å²) in [5, 5.41) is 3.45. The van der Waals surface area contributed by atoms with Crippen LogP contribution in [0.3, 0.4) is 0 Å². The van der Waals surface area contributed by atoms with Gasteiger partial charge >= 0.3 is 0 Å². The molecule has 0 aliphatic carbocycles. The van der Waals surface area contributed by atoms with Gasteiger partial charge in [0.1, 0.15) is 5.75 Å². The third-order valence-electron chi connectivity index (χ3n) is 3.34. The van der Waals surface area contributed by atoms with E-state index < -0.39 is 0 Å². The first kappa shape index (κ1) is 13.5. The molecule has 0 saturated heterocycles. The minimum Gasteiger partial charge on any atom is -0.494 e. The highest BCUT2D eigenvalue weighted by Crippen LogP contribution is 2.19. The van der Waals surface area contributed by atoms with Gasteiger partial charge in [-0.25, -0.2) is 0 Å². The van der Waals surface area contributed by atoms with Crippen LogP contribution in [0.15, 0.2) is 42.5 Å². The lowest BCUT2D eigenvalue weighted by atomic mass is 10.0. The van der Waals surface area contributed by atoms with E-state index in [9.17, 15) is 0 Å². The Kier molecular flexibility index (Phi) is 4.45. The van der Waals surface area contributed by atoms with Gasteiger partial charge in [-0.1, -0.05) is 24.3 Å². The maximum atomic E-state index is 5.50. The summed E-state index contributed by atoms with van der Waals surface area (Å²) in [4.78, 5) is 0. The van der Waals surface area contributed by atoms with E-state index in [4.69, 9.17) is 4.74 Å². The number of anilines is 1. The van der Waals surface area contributed by atoms with E-state index >= 15 is 0 Å². The Labute approximate surface area is 115 Å². The summed E-state index contributed by atoms with van der Waals surface area (Å²) >= 11 is 0. The van der Waals surface area contributed by atoms with Crippen molar-refractivity contribution in [2.45, 2.75) is 27.3 Å². The van der Waals surface area contributed by atoms with Crippen molar-refractivity contribution in [3.05, 3.63) is 59.2 Å². The van der Waals surface area contributed by atoms with Crippen molar-refractivity contribution >= 4 is 5.69 Å². The molecule has 1 N–H and O–H groups in total. The molecule has 0 aromatic heterocycles. The van der Waals surface area contributed by atoms with Gasteiger partial charge in [0.05, 0.1) is 6.61 Å². The van der Waals surface area contributed by atoms with Crippen LogP contribution in [0.2, 0.25) is 0 Å². The van der Waals surface area contributed by atoms with Crippen LogP contribution in [-0.2, 0) is 6.54 Å². The molecule has 0 saturated carbocycles. The van der Waals surface area contributed by atoms with Crippen LogP contribution < -0.4 is 10.1 Å². The van der Waals surface area contributed by atoms with Crippen LogP contribution in [0.1, 0.15) is 23.6 Å². The largest absolute Gasteiger partial charge is 0.494 e. The Bertz CT molecular complexity index is 549. The highest BCUT2D eigenvalue weighted by atomic mass is 16.5. The number of hydrogen-bond donors (Lipinski definition) is 1. The smallest absolute Gasteiger partial charge is 0.121 e. The Morgan fingerprint density at radius 2 is 1.84 bits per heavy atom. The second-order valence-corrected chi connectivity index (χ2v) is 4.67. The molecule has 0 aliphatic rings. The average Bonchev–Trinajstić information content (AvgIpc) is 2.41. The molecule has 0 bridgehead atoms. The molecular formula is C17H21NO. The fourth-order valence-electron chi connectivity index (χ4n) is 2.06. The molecule has 2 aromatic carbocycles. The predicted molar refractivity (Wildman–Crippen MR) is 80.9 cm³/mol. The van der Waals surface area contributed by atoms with Crippen LogP contribution in [0.4, 0.5) is 5.69 Å². The van der Waals surface area contributed by atoms with E-state index in [0.717, 1.165) is 18.0 Å². The zero-order valence-electron chi connectivity index (χ0n) is 11.9. The zero-order chi connectivity index (χ0) is 13.7. The Hall–Kier alpha value is -1.96. The summed E-state index contributed by atoms with van der Waals surface area (Å²) in [5.74, 6) is 0.911. The summed E-state index contributed by atoms with van der Waals surface area (Å²) in [5.41, 5.74) is 5.12. The number of ether oxygens (including phenoxy) is 1. The lowest BCUT2D eigenvalue weighted by molar-refractivity contribution is 0.340. The summed E-state index contributed by atoms with van der Waals surface area (Å²) in [7, 11) is 0. The zero-order valence-corrected chi connectivity index (χ0v) is 11.9. The molecule has 0 amide bonds. The molecule has 0 unspecified atom stereocenters. The van der Waals surface area contributed by atoms with Crippen molar-refractivity contribution in [1.82, 2.24) is 0 Å². The summed E-state index contributed by atoms with van der Waals surface area (Å²) in [6.07, 6.45) is 0. The van der Waals surface area contributed by atoms with E-state index in [1.165, 1.54) is 16.7 Å². The predicted octanol–water partition coefficient (Wildman–Crippen LogP) is 4.31. The molecule has 0 aliphatic heterocycles. The lowest BCUT2D eigenvalue weighted by Crippen LogP contribution is -2.02. The second-order valence-electron chi connectivity index (χ2n) is 4.67. The summed E-state index contributed by atoms with van der Waals surface area (Å²) in [6, 6.07) is 14.5. The second kappa shape index (κ2) is 6.28. The Morgan fingerprint density at radius 1 is 1.05 bits per heavy atom. The van der Waals surface area contributed by atoms with Gasteiger partial charge in [0.2, 0.25) is 0 Å². The number of hydrogen-bond acceptors (Lipinski definition) is 2. The maximum absolute atomic E-state index is 5.50. The van der Waals surface area contributed by atoms with Crippen molar-refractivity contribution in [3.8, 4) is 5.75 Å². The first-order valence-electron chi connectivity index (χ1n) is 6.72. The number of rotatable bonds is 5. The van der Waals surface area contributed by atoms with E-state index in [1.54, 1.807) is 0 Å². The van der Waals surface area contributed by atoms with E-state index in [1.807, 2.05) is 25.1 Å². The third kappa shape index (κ3) is 3.50. The summed E-state index contributed by atoms with van der Waals surface area (Å²) in [6.45, 7) is 7.84. The van der Waals surface area contributed by atoms with Crippen LogP contribution in [0, 0.1) is 13.8 Å². The van der Waals surface area contributed by atoms with E-state index in [0.29, 0.717) is 6.61 Å². The first-order valence-corrected chi connectivity index (χ1v) is 6.72. The third-order valence-corrected chi connectivity index (χ3v) is 3.34. The van der Waals surface area contributed by atoms with Gasteiger partial charge in [0, 0.05) is 18.3 Å². The molecule has 2 nitrogen and oxygen atoms in total. The van der Waals surface area contributed by atoms with Crippen molar-refractivity contribution in [2.75, 3.05) is 11.9 Å². The first-order chi connectivity index (χ1) is 9.20. The minimum absolute atomic E-state index is 0.695. The molecule has 2 aromatic rings.